The summed E-state index contributed by atoms with van der Waals surface area (Å²) in [5.74, 6) is -0.778. The van der Waals surface area contributed by atoms with Crippen LogP contribution in [0.15, 0.2) is 24.3 Å². The van der Waals surface area contributed by atoms with Gasteiger partial charge in [0.15, 0.2) is 0 Å². The minimum Gasteiger partial charge on any atom is -0.368 e. The first-order chi connectivity index (χ1) is 9.58. The number of rotatable bonds is 5. The Balaban J connectivity index is 2.02. The zero-order valence-corrected chi connectivity index (χ0v) is 11.6. The number of ether oxygens (including phenoxy) is 1. The van der Waals surface area contributed by atoms with E-state index in [0.717, 1.165) is 17.5 Å². The molecule has 0 saturated carbocycles. The van der Waals surface area contributed by atoms with Crippen molar-refractivity contribution in [1.29, 1.82) is 0 Å². The molecule has 0 radical (unpaired) electrons. The number of carbonyl (C=O) groups is 2. The Bertz CT molecular complexity index is 496. The van der Waals surface area contributed by atoms with E-state index in [1.165, 1.54) is 0 Å². The van der Waals surface area contributed by atoms with Crippen LogP contribution >= 0.6 is 0 Å². The van der Waals surface area contributed by atoms with Gasteiger partial charge in [0.1, 0.15) is 12.1 Å². The van der Waals surface area contributed by atoms with Gasteiger partial charge in [0, 0.05) is 13.0 Å². The summed E-state index contributed by atoms with van der Waals surface area (Å²) in [6.07, 6.45) is 1.52. The molecule has 1 aromatic rings. The third-order valence-electron chi connectivity index (χ3n) is 3.57. The van der Waals surface area contributed by atoms with Gasteiger partial charge in [-0.2, -0.15) is 0 Å². The fourth-order valence-electron chi connectivity index (χ4n) is 2.33. The topological polar surface area (TPSA) is 81.4 Å². The Kier molecular flexibility index (Phi) is 4.74. The van der Waals surface area contributed by atoms with Crippen LogP contribution in [0.1, 0.15) is 24.0 Å². The average Bonchev–Trinajstić information content (AvgIpc) is 2.94. The van der Waals surface area contributed by atoms with Crippen molar-refractivity contribution >= 4 is 11.8 Å². The summed E-state index contributed by atoms with van der Waals surface area (Å²) in [6.45, 7) is 2.56. The first-order valence-electron chi connectivity index (χ1n) is 6.83. The van der Waals surface area contributed by atoms with Gasteiger partial charge in [-0.05, 0) is 30.9 Å². The minimum atomic E-state index is -0.701. The molecule has 5 nitrogen and oxygen atoms in total. The second-order valence-corrected chi connectivity index (χ2v) is 5.10. The van der Waals surface area contributed by atoms with Gasteiger partial charge in [-0.25, -0.2) is 0 Å². The zero-order valence-electron chi connectivity index (χ0n) is 11.6. The van der Waals surface area contributed by atoms with Gasteiger partial charge < -0.3 is 15.8 Å². The van der Waals surface area contributed by atoms with Crippen molar-refractivity contribution in [3.63, 3.8) is 0 Å². The first kappa shape index (κ1) is 14.5. The molecule has 0 aliphatic carbocycles. The van der Waals surface area contributed by atoms with Gasteiger partial charge in [0.2, 0.25) is 11.8 Å². The van der Waals surface area contributed by atoms with Gasteiger partial charge in [0.25, 0.3) is 0 Å². The molecule has 1 heterocycles. The highest BCUT2D eigenvalue weighted by atomic mass is 16.5. The van der Waals surface area contributed by atoms with Crippen LogP contribution < -0.4 is 11.1 Å². The normalized spacial score (nSPS) is 19.6. The lowest BCUT2D eigenvalue weighted by Gasteiger charge is -2.18. The number of benzene rings is 1. The van der Waals surface area contributed by atoms with Crippen LogP contribution in [0.4, 0.5) is 0 Å². The molecule has 5 heteroatoms. The van der Waals surface area contributed by atoms with E-state index in [-0.39, 0.29) is 5.91 Å². The number of hydrogen-bond donors (Lipinski definition) is 2. The lowest BCUT2D eigenvalue weighted by molar-refractivity contribution is -0.133. The van der Waals surface area contributed by atoms with Crippen LogP contribution in [0.25, 0.3) is 0 Å². The van der Waals surface area contributed by atoms with Gasteiger partial charge in [-0.15, -0.1) is 0 Å². The van der Waals surface area contributed by atoms with Crippen molar-refractivity contribution in [2.45, 2.75) is 38.3 Å². The van der Waals surface area contributed by atoms with E-state index < -0.39 is 18.1 Å². The van der Waals surface area contributed by atoms with Crippen molar-refractivity contribution in [3.8, 4) is 0 Å². The smallest absolute Gasteiger partial charge is 0.249 e. The Morgan fingerprint density at radius 2 is 2.20 bits per heavy atom. The molecule has 3 N–H and O–H groups in total. The Morgan fingerprint density at radius 3 is 2.80 bits per heavy atom. The van der Waals surface area contributed by atoms with Crippen LogP contribution in [0, 0.1) is 6.92 Å². The number of aryl methyl sites for hydroxylation is 1. The zero-order chi connectivity index (χ0) is 14.5. The molecule has 108 valence electrons. The van der Waals surface area contributed by atoms with Gasteiger partial charge in [-0.3, -0.25) is 9.59 Å². The van der Waals surface area contributed by atoms with E-state index >= 15 is 0 Å². The van der Waals surface area contributed by atoms with Crippen molar-refractivity contribution < 1.29 is 14.3 Å². The summed E-state index contributed by atoms with van der Waals surface area (Å²) in [5, 5.41) is 2.70. The second-order valence-electron chi connectivity index (χ2n) is 5.10. The molecule has 0 unspecified atom stereocenters. The highest BCUT2D eigenvalue weighted by molar-refractivity contribution is 5.88. The Labute approximate surface area is 118 Å². The standard InChI is InChI=1S/C15H20N2O3/c1-10-5-2-3-6-11(10)9-12(14(16)18)17-15(19)13-7-4-8-20-13/h2-3,5-6,12-13H,4,7-9H2,1H3,(H2,16,18)(H,17,19)/t12-,13+/m0/s1. The number of nitrogens with two attached hydrogens (primary N) is 1. The maximum atomic E-state index is 12.0. The monoisotopic (exact) mass is 276 g/mol. The fourth-order valence-corrected chi connectivity index (χ4v) is 2.33. The second kappa shape index (κ2) is 6.52. The molecular formula is C15H20N2O3. The molecule has 1 fully saturated rings. The predicted molar refractivity (Wildman–Crippen MR) is 75.0 cm³/mol. The molecule has 0 aromatic heterocycles. The number of hydrogen-bond acceptors (Lipinski definition) is 3. The van der Waals surface area contributed by atoms with E-state index in [1.807, 2.05) is 31.2 Å². The number of nitrogens with one attached hydrogen (secondary N) is 1. The van der Waals surface area contributed by atoms with Crippen molar-refractivity contribution in [1.82, 2.24) is 5.32 Å². The minimum absolute atomic E-state index is 0.250. The van der Waals surface area contributed by atoms with E-state index in [0.29, 0.717) is 19.4 Å². The SMILES string of the molecule is Cc1ccccc1C[C@H](NC(=O)[C@H]1CCCO1)C(N)=O. The van der Waals surface area contributed by atoms with E-state index in [4.69, 9.17) is 10.5 Å². The fraction of sp³-hybridized carbons (Fsp3) is 0.467. The van der Waals surface area contributed by atoms with Crippen LogP contribution in [0.5, 0.6) is 0 Å². The van der Waals surface area contributed by atoms with E-state index in [2.05, 4.69) is 5.32 Å². The molecule has 1 saturated heterocycles. The van der Waals surface area contributed by atoms with Crippen LogP contribution in [-0.2, 0) is 20.7 Å². The lowest BCUT2D eigenvalue weighted by atomic mass is 10.0. The molecule has 2 amide bonds. The number of carbonyl (C=O) groups excluding carboxylic acids is 2. The molecule has 2 atom stereocenters. The maximum absolute atomic E-state index is 12.0. The Hall–Kier alpha value is -1.88. The summed E-state index contributed by atoms with van der Waals surface area (Å²) in [6, 6.07) is 7.04. The van der Waals surface area contributed by atoms with Crippen LogP contribution in [0.2, 0.25) is 0 Å². The van der Waals surface area contributed by atoms with Crippen molar-refractivity contribution in [3.05, 3.63) is 35.4 Å². The lowest BCUT2D eigenvalue weighted by Crippen LogP contribution is -2.49. The third-order valence-corrected chi connectivity index (χ3v) is 3.57. The van der Waals surface area contributed by atoms with Crippen LogP contribution in [-0.4, -0.2) is 30.6 Å². The van der Waals surface area contributed by atoms with Crippen molar-refractivity contribution in [2.24, 2.45) is 5.73 Å². The molecular weight excluding hydrogens is 256 g/mol. The molecule has 0 spiro atoms. The molecule has 1 aliphatic rings. The summed E-state index contributed by atoms with van der Waals surface area (Å²) in [5.41, 5.74) is 7.46. The molecule has 2 rings (SSSR count). The van der Waals surface area contributed by atoms with Crippen LogP contribution in [0.3, 0.4) is 0 Å². The number of primary amides is 1. The summed E-state index contributed by atoms with van der Waals surface area (Å²) >= 11 is 0. The van der Waals surface area contributed by atoms with E-state index in [1.54, 1.807) is 0 Å². The van der Waals surface area contributed by atoms with Gasteiger partial charge in [0.05, 0.1) is 0 Å². The average molecular weight is 276 g/mol. The summed E-state index contributed by atoms with van der Waals surface area (Å²) in [7, 11) is 0. The quantitative estimate of drug-likeness (QED) is 0.830. The first-order valence-corrected chi connectivity index (χ1v) is 6.83. The van der Waals surface area contributed by atoms with Gasteiger partial charge in [-0.1, -0.05) is 24.3 Å². The Morgan fingerprint density at radius 1 is 1.45 bits per heavy atom. The molecule has 1 aliphatic heterocycles. The summed E-state index contributed by atoms with van der Waals surface area (Å²) in [4.78, 5) is 23.5. The highest BCUT2D eigenvalue weighted by Crippen LogP contribution is 2.13. The molecule has 1 aromatic carbocycles. The highest BCUT2D eigenvalue weighted by Gasteiger charge is 2.27. The van der Waals surface area contributed by atoms with Gasteiger partial charge >= 0.3 is 0 Å². The predicted octanol–water partition coefficient (Wildman–Crippen LogP) is 0.687. The number of amides is 2. The van der Waals surface area contributed by atoms with E-state index in [9.17, 15) is 9.59 Å². The molecule has 20 heavy (non-hydrogen) atoms. The molecule has 0 bridgehead atoms. The largest absolute Gasteiger partial charge is 0.368 e. The maximum Gasteiger partial charge on any atom is 0.249 e. The summed E-state index contributed by atoms with van der Waals surface area (Å²) < 4.78 is 5.31. The van der Waals surface area contributed by atoms with Crippen molar-refractivity contribution in [2.75, 3.05) is 6.61 Å². The third kappa shape index (κ3) is 3.57.